The number of aliphatic hydroxyl groups excluding tert-OH is 1. The van der Waals surface area contributed by atoms with E-state index < -0.39 is 23.6 Å². The second-order valence-corrected chi connectivity index (χ2v) is 5.77. The number of hydrogen-bond acceptors (Lipinski definition) is 6. The average Bonchev–Trinajstić information content (AvgIpc) is 2.43. The van der Waals surface area contributed by atoms with Gasteiger partial charge in [-0.2, -0.15) is 0 Å². The summed E-state index contributed by atoms with van der Waals surface area (Å²) in [4.78, 5) is 15.7. The molecule has 0 aliphatic rings. The Hall–Kier alpha value is -2.51. The van der Waals surface area contributed by atoms with E-state index in [0.717, 1.165) is 12.5 Å². The Labute approximate surface area is 134 Å². The van der Waals surface area contributed by atoms with Crippen molar-refractivity contribution in [3.8, 4) is 0 Å². The van der Waals surface area contributed by atoms with Crippen molar-refractivity contribution in [3.63, 3.8) is 0 Å². The van der Waals surface area contributed by atoms with Crippen LogP contribution in [-0.4, -0.2) is 41.4 Å². The predicted molar refractivity (Wildman–Crippen MR) is 87.2 cm³/mol. The van der Waals surface area contributed by atoms with Gasteiger partial charge in [0.25, 0.3) is 0 Å². The number of anilines is 2. The summed E-state index contributed by atoms with van der Waals surface area (Å²) in [5.41, 5.74) is -0.142. The Balaban J connectivity index is 2.68. The molecule has 0 saturated carbocycles. The zero-order valence-corrected chi connectivity index (χ0v) is 13.7. The maximum atomic E-state index is 13.1. The van der Waals surface area contributed by atoms with Gasteiger partial charge in [-0.05, 0) is 26.8 Å². The highest BCUT2D eigenvalue weighted by molar-refractivity contribution is 5.69. The van der Waals surface area contributed by atoms with Crippen molar-refractivity contribution in [2.24, 2.45) is 0 Å². The number of aromatic nitrogens is 1. The molecule has 0 fully saturated rings. The number of aliphatic hydroxyl groups is 1. The number of alkyl carbamates (subject to hydrolysis) is 1. The van der Waals surface area contributed by atoms with Crippen molar-refractivity contribution >= 4 is 17.6 Å². The summed E-state index contributed by atoms with van der Waals surface area (Å²) in [6, 6.07) is 0.763. The zero-order chi connectivity index (χ0) is 17.5. The highest BCUT2D eigenvalue weighted by Crippen LogP contribution is 2.18. The molecule has 0 aromatic carbocycles. The largest absolute Gasteiger partial charge is 0.516 e. The van der Waals surface area contributed by atoms with Gasteiger partial charge in [0.05, 0.1) is 24.2 Å². The van der Waals surface area contributed by atoms with Crippen LogP contribution >= 0.6 is 0 Å². The van der Waals surface area contributed by atoms with Crippen LogP contribution in [0.1, 0.15) is 20.8 Å². The predicted octanol–water partition coefficient (Wildman–Crippen LogP) is 2.64. The van der Waals surface area contributed by atoms with Crippen molar-refractivity contribution in [1.82, 2.24) is 10.3 Å². The smallest absolute Gasteiger partial charge is 0.408 e. The Morgan fingerprint density at radius 1 is 1.52 bits per heavy atom. The molecule has 128 valence electrons. The molecule has 0 aliphatic carbocycles. The number of carbonyl (C=O) groups is 1. The van der Waals surface area contributed by atoms with Crippen LogP contribution in [0.15, 0.2) is 24.6 Å². The van der Waals surface area contributed by atoms with Gasteiger partial charge in [-0.3, -0.25) is 0 Å². The number of nitrogens with one attached hydrogen (secondary N) is 3. The lowest BCUT2D eigenvalue weighted by molar-refractivity contribution is 0.0516. The third-order valence-corrected chi connectivity index (χ3v) is 2.63. The Morgan fingerprint density at radius 3 is 2.78 bits per heavy atom. The molecule has 4 N–H and O–H groups in total. The van der Waals surface area contributed by atoms with Gasteiger partial charge in [0, 0.05) is 19.7 Å². The number of ether oxygens (including phenoxy) is 1. The second-order valence-electron chi connectivity index (χ2n) is 5.77. The van der Waals surface area contributed by atoms with Gasteiger partial charge >= 0.3 is 6.09 Å². The maximum absolute atomic E-state index is 13.1. The Morgan fingerprint density at radius 2 is 2.22 bits per heavy atom. The lowest BCUT2D eigenvalue weighted by atomic mass is 10.2. The second kappa shape index (κ2) is 8.21. The van der Waals surface area contributed by atoms with E-state index in [-0.39, 0.29) is 6.54 Å². The van der Waals surface area contributed by atoms with E-state index in [1.807, 2.05) is 0 Å². The number of halogens is 1. The topological polar surface area (TPSA) is 95.5 Å². The van der Waals surface area contributed by atoms with Crippen LogP contribution < -0.4 is 16.0 Å². The molecule has 1 aromatic heterocycles. The summed E-state index contributed by atoms with van der Waals surface area (Å²) in [5, 5.41) is 17.3. The SMILES string of the molecule is CNc1cc(F)cnc1NC[C@@H](/C=C\O)NC(=O)OC(C)(C)C. The fraction of sp³-hybridized carbons (Fsp3) is 0.467. The lowest BCUT2D eigenvalue weighted by Crippen LogP contribution is -2.41. The highest BCUT2D eigenvalue weighted by atomic mass is 19.1. The van der Waals surface area contributed by atoms with E-state index in [1.54, 1.807) is 27.8 Å². The van der Waals surface area contributed by atoms with Gasteiger partial charge in [-0.15, -0.1) is 0 Å². The zero-order valence-electron chi connectivity index (χ0n) is 13.7. The van der Waals surface area contributed by atoms with E-state index in [1.165, 1.54) is 12.1 Å². The van der Waals surface area contributed by atoms with Crippen LogP contribution in [-0.2, 0) is 4.74 Å². The molecule has 8 heteroatoms. The molecule has 0 spiro atoms. The van der Waals surface area contributed by atoms with Crippen LogP contribution in [0.3, 0.4) is 0 Å². The molecule has 1 aromatic rings. The first kappa shape index (κ1) is 18.5. The van der Waals surface area contributed by atoms with Crippen molar-refractivity contribution in [1.29, 1.82) is 0 Å². The molecule has 0 aliphatic heterocycles. The van der Waals surface area contributed by atoms with E-state index in [2.05, 4.69) is 20.9 Å². The average molecular weight is 326 g/mol. The minimum atomic E-state index is -0.622. The molecule has 0 bridgehead atoms. The minimum Gasteiger partial charge on any atom is -0.516 e. The van der Waals surface area contributed by atoms with E-state index in [0.29, 0.717) is 11.5 Å². The highest BCUT2D eigenvalue weighted by Gasteiger charge is 2.18. The Kier molecular flexibility index (Phi) is 6.62. The quantitative estimate of drug-likeness (QED) is 0.600. The van der Waals surface area contributed by atoms with Crippen molar-refractivity contribution in [2.45, 2.75) is 32.4 Å². The summed E-state index contributed by atoms with van der Waals surface area (Å²) < 4.78 is 18.3. The Bertz CT molecular complexity index is 558. The molecule has 1 heterocycles. The summed E-state index contributed by atoms with van der Waals surface area (Å²) in [6.45, 7) is 5.49. The fourth-order valence-electron chi connectivity index (χ4n) is 1.71. The molecular weight excluding hydrogens is 303 g/mol. The van der Waals surface area contributed by atoms with Crippen LogP contribution in [0.25, 0.3) is 0 Å². The van der Waals surface area contributed by atoms with Gasteiger partial charge in [0.1, 0.15) is 17.2 Å². The van der Waals surface area contributed by atoms with Crippen molar-refractivity contribution in [3.05, 3.63) is 30.4 Å². The summed E-state index contributed by atoms with van der Waals surface area (Å²) in [6.07, 6.45) is 2.70. The van der Waals surface area contributed by atoms with E-state index >= 15 is 0 Å². The number of hydrogen-bond donors (Lipinski definition) is 4. The molecule has 1 rings (SSSR count). The minimum absolute atomic E-state index is 0.226. The number of pyridine rings is 1. The van der Waals surface area contributed by atoms with Crippen LogP contribution in [0.2, 0.25) is 0 Å². The third kappa shape index (κ3) is 6.86. The summed E-state index contributed by atoms with van der Waals surface area (Å²) >= 11 is 0. The molecule has 0 radical (unpaired) electrons. The molecule has 7 nitrogen and oxygen atoms in total. The molecule has 23 heavy (non-hydrogen) atoms. The number of nitrogens with zero attached hydrogens (tertiary/aromatic N) is 1. The van der Waals surface area contributed by atoms with Crippen LogP contribution in [0, 0.1) is 5.82 Å². The van der Waals surface area contributed by atoms with E-state index in [4.69, 9.17) is 9.84 Å². The standard InChI is InChI=1S/C15H23FN4O3/c1-15(2,3)23-14(22)20-11(5-6-21)9-19-13-12(17-4)7-10(16)8-18-13/h5-8,11,17,21H,9H2,1-4H3,(H,18,19)(H,20,22)/b6-5-/t11-/m1/s1. The maximum Gasteiger partial charge on any atom is 0.408 e. The number of amides is 1. The van der Waals surface area contributed by atoms with Gasteiger partial charge in [-0.25, -0.2) is 14.2 Å². The summed E-state index contributed by atoms with van der Waals surface area (Å²) in [7, 11) is 1.64. The van der Waals surface area contributed by atoms with Crippen LogP contribution in [0.4, 0.5) is 20.7 Å². The third-order valence-electron chi connectivity index (χ3n) is 2.63. The molecule has 0 saturated heterocycles. The molecule has 1 amide bonds. The molecule has 0 unspecified atom stereocenters. The van der Waals surface area contributed by atoms with Gasteiger partial charge in [-0.1, -0.05) is 0 Å². The fourth-order valence-corrected chi connectivity index (χ4v) is 1.71. The van der Waals surface area contributed by atoms with Gasteiger partial charge < -0.3 is 25.8 Å². The first-order chi connectivity index (χ1) is 10.7. The first-order valence-electron chi connectivity index (χ1n) is 7.12. The van der Waals surface area contributed by atoms with Crippen molar-refractivity contribution < 1.29 is 19.0 Å². The number of rotatable bonds is 6. The normalized spacial score (nSPS) is 12.7. The van der Waals surface area contributed by atoms with Crippen molar-refractivity contribution in [2.75, 3.05) is 24.2 Å². The van der Waals surface area contributed by atoms with Crippen LogP contribution in [0.5, 0.6) is 0 Å². The van der Waals surface area contributed by atoms with Gasteiger partial charge in [0.2, 0.25) is 0 Å². The summed E-state index contributed by atoms with van der Waals surface area (Å²) in [5.74, 6) is -0.0326. The molecular formula is C15H23FN4O3. The molecule has 1 atom stereocenters. The number of carbonyl (C=O) groups excluding carboxylic acids is 1. The van der Waals surface area contributed by atoms with Gasteiger partial charge in [0.15, 0.2) is 0 Å². The monoisotopic (exact) mass is 326 g/mol. The lowest BCUT2D eigenvalue weighted by Gasteiger charge is -2.22. The first-order valence-corrected chi connectivity index (χ1v) is 7.12. The van der Waals surface area contributed by atoms with E-state index in [9.17, 15) is 9.18 Å².